The molecule has 0 bridgehead atoms. The van der Waals surface area contributed by atoms with Gasteiger partial charge in [0.2, 0.25) is 0 Å². The number of hydrogen-bond donors (Lipinski definition) is 1. The van der Waals surface area contributed by atoms with Crippen molar-refractivity contribution in [3.05, 3.63) is 0 Å². The molecule has 4 heteroatoms. The summed E-state index contributed by atoms with van der Waals surface area (Å²) in [7, 11) is 0. The summed E-state index contributed by atoms with van der Waals surface area (Å²) in [6.07, 6.45) is 6.07. The first-order valence-electron chi connectivity index (χ1n) is 7.96. The summed E-state index contributed by atoms with van der Waals surface area (Å²) >= 11 is 0. The summed E-state index contributed by atoms with van der Waals surface area (Å²) in [5, 5.41) is 9.84. The zero-order chi connectivity index (χ0) is 13.1. The van der Waals surface area contributed by atoms with Crippen LogP contribution in [-0.4, -0.2) is 73.5 Å². The average molecular weight is 268 g/mol. The molecule has 3 fully saturated rings. The molecule has 0 saturated carbocycles. The van der Waals surface area contributed by atoms with E-state index in [4.69, 9.17) is 4.74 Å². The van der Waals surface area contributed by atoms with Crippen molar-refractivity contribution in [1.29, 1.82) is 0 Å². The second kappa shape index (κ2) is 6.08. The van der Waals surface area contributed by atoms with Crippen LogP contribution in [0.2, 0.25) is 0 Å². The van der Waals surface area contributed by atoms with Crippen LogP contribution in [0.25, 0.3) is 0 Å². The molecule has 1 unspecified atom stereocenters. The molecule has 3 rings (SSSR count). The van der Waals surface area contributed by atoms with Gasteiger partial charge in [-0.2, -0.15) is 0 Å². The maximum Gasteiger partial charge on any atom is 0.0501 e. The van der Waals surface area contributed by atoms with Crippen LogP contribution < -0.4 is 0 Å². The van der Waals surface area contributed by atoms with E-state index in [-0.39, 0.29) is 5.41 Å². The molecule has 0 radical (unpaired) electrons. The molecule has 19 heavy (non-hydrogen) atoms. The number of ether oxygens (including phenoxy) is 1. The van der Waals surface area contributed by atoms with E-state index in [1.807, 2.05) is 0 Å². The highest BCUT2D eigenvalue weighted by Gasteiger charge is 2.36. The average Bonchev–Trinajstić information content (AvgIpc) is 2.79. The number of hydrogen-bond acceptors (Lipinski definition) is 4. The van der Waals surface area contributed by atoms with Crippen LogP contribution in [0.3, 0.4) is 0 Å². The molecule has 110 valence electrons. The Morgan fingerprint density at radius 3 is 2.68 bits per heavy atom. The lowest BCUT2D eigenvalue weighted by Crippen LogP contribution is -2.46. The minimum Gasteiger partial charge on any atom is -0.396 e. The van der Waals surface area contributed by atoms with Crippen molar-refractivity contribution in [3.8, 4) is 0 Å². The molecule has 3 heterocycles. The minimum absolute atomic E-state index is 0.103. The standard InChI is InChI=1S/C15H28N2O2/c18-13-15(4-9-19-10-5-15)12-16-6-2-8-17-7-1-3-14(17)11-16/h14,18H,1-13H2. The van der Waals surface area contributed by atoms with Gasteiger partial charge in [0.25, 0.3) is 0 Å². The highest BCUT2D eigenvalue weighted by Crippen LogP contribution is 2.32. The van der Waals surface area contributed by atoms with Gasteiger partial charge < -0.3 is 14.7 Å². The largest absolute Gasteiger partial charge is 0.396 e. The van der Waals surface area contributed by atoms with Crippen LogP contribution in [0, 0.1) is 5.41 Å². The molecular formula is C15H28N2O2. The third kappa shape index (κ3) is 3.13. The summed E-state index contributed by atoms with van der Waals surface area (Å²) in [6.45, 7) is 8.03. The molecular weight excluding hydrogens is 240 g/mol. The number of aliphatic hydroxyl groups excluding tert-OH is 1. The SMILES string of the molecule is OCC1(CN2CCCN3CCCC3C2)CCOCC1. The zero-order valence-electron chi connectivity index (χ0n) is 12.0. The fraction of sp³-hybridized carbons (Fsp3) is 1.00. The Labute approximate surface area is 116 Å². The molecule has 0 amide bonds. The van der Waals surface area contributed by atoms with Crippen molar-refractivity contribution >= 4 is 0 Å². The Hall–Kier alpha value is -0.160. The number of rotatable bonds is 3. The fourth-order valence-electron chi connectivity index (χ4n) is 4.07. The molecule has 0 aromatic rings. The molecule has 1 N–H and O–H groups in total. The third-order valence-electron chi connectivity index (χ3n) is 5.34. The fourth-order valence-corrected chi connectivity index (χ4v) is 4.07. The smallest absolute Gasteiger partial charge is 0.0501 e. The van der Waals surface area contributed by atoms with E-state index in [0.717, 1.165) is 38.6 Å². The van der Waals surface area contributed by atoms with Gasteiger partial charge in [0.05, 0.1) is 6.61 Å². The quantitative estimate of drug-likeness (QED) is 0.826. The maximum absolute atomic E-state index is 9.84. The monoisotopic (exact) mass is 268 g/mol. The van der Waals surface area contributed by atoms with Crippen LogP contribution >= 0.6 is 0 Å². The Morgan fingerprint density at radius 2 is 1.89 bits per heavy atom. The van der Waals surface area contributed by atoms with Gasteiger partial charge in [0.15, 0.2) is 0 Å². The van der Waals surface area contributed by atoms with Crippen molar-refractivity contribution in [3.63, 3.8) is 0 Å². The molecule has 3 aliphatic heterocycles. The molecule has 0 aliphatic carbocycles. The van der Waals surface area contributed by atoms with Crippen molar-refractivity contribution in [2.75, 3.05) is 52.5 Å². The summed E-state index contributed by atoms with van der Waals surface area (Å²) in [6, 6.07) is 0.776. The number of fused-ring (bicyclic) bond motifs is 1. The second-order valence-corrected chi connectivity index (χ2v) is 6.69. The molecule has 0 aromatic carbocycles. The molecule has 4 nitrogen and oxygen atoms in total. The normalized spacial score (nSPS) is 33.0. The van der Waals surface area contributed by atoms with Crippen LogP contribution in [0.5, 0.6) is 0 Å². The Balaban J connectivity index is 1.61. The molecule has 3 aliphatic rings. The van der Waals surface area contributed by atoms with Gasteiger partial charge in [0.1, 0.15) is 0 Å². The molecule has 0 spiro atoms. The first-order chi connectivity index (χ1) is 9.31. The summed E-state index contributed by atoms with van der Waals surface area (Å²) in [4.78, 5) is 5.30. The lowest BCUT2D eigenvalue weighted by Gasteiger charge is -2.40. The summed E-state index contributed by atoms with van der Waals surface area (Å²) < 4.78 is 5.47. The van der Waals surface area contributed by atoms with E-state index in [0.29, 0.717) is 6.61 Å². The van der Waals surface area contributed by atoms with E-state index in [2.05, 4.69) is 9.80 Å². The van der Waals surface area contributed by atoms with E-state index < -0.39 is 0 Å². The molecule has 0 aromatic heterocycles. The minimum atomic E-state index is 0.103. The van der Waals surface area contributed by atoms with Crippen LogP contribution in [-0.2, 0) is 4.74 Å². The first kappa shape index (κ1) is 13.8. The third-order valence-corrected chi connectivity index (χ3v) is 5.34. The lowest BCUT2D eigenvalue weighted by molar-refractivity contribution is -0.0348. The van der Waals surface area contributed by atoms with Crippen molar-refractivity contribution in [1.82, 2.24) is 9.80 Å². The summed E-state index contributed by atoms with van der Waals surface area (Å²) in [5.41, 5.74) is 0.103. The predicted molar refractivity (Wildman–Crippen MR) is 75.2 cm³/mol. The van der Waals surface area contributed by atoms with E-state index in [1.54, 1.807) is 0 Å². The highest BCUT2D eigenvalue weighted by atomic mass is 16.5. The van der Waals surface area contributed by atoms with Gasteiger partial charge in [-0.3, -0.25) is 4.90 Å². The zero-order valence-corrected chi connectivity index (χ0v) is 12.0. The van der Waals surface area contributed by atoms with Gasteiger partial charge in [-0.15, -0.1) is 0 Å². The van der Waals surface area contributed by atoms with Crippen LogP contribution in [0.15, 0.2) is 0 Å². The topological polar surface area (TPSA) is 35.9 Å². The maximum atomic E-state index is 9.84. The van der Waals surface area contributed by atoms with Crippen molar-refractivity contribution in [2.45, 2.75) is 38.1 Å². The number of aliphatic hydroxyl groups is 1. The van der Waals surface area contributed by atoms with Crippen molar-refractivity contribution in [2.24, 2.45) is 5.41 Å². The van der Waals surface area contributed by atoms with Crippen molar-refractivity contribution < 1.29 is 9.84 Å². The second-order valence-electron chi connectivity index (χ2n) is 6.69. The molecule has 3 saturated heterocycles. The summed E-state index contributed by atoms with van der Waals surface area (Å²) in [5.74, 6) is 0. The van der Waals surface area contributed by atoms with Gasteiger partial charge in [-0.05, 0) is 51.7 Å². The van der Waals surface area contributed by atoms with Gasteiger partial charge in [0, 0.05) is 37.8 Å². The molecule has 1 atom stereocenters. The Bertz CT molecular complexity index is 292. The lowest BCUT2D eigenvalue weighted by atomic mass is 9.80. The van der Waals surface area contributed by atoms with Gasteiger partial charge in [-0.1, -0.05) is 0 Å². The van der Waals surface area contributed by atoms with Gasteiger partial charge >= 0.3 is 0 Å². The Kier molecular flexibility index (Phi) is 4.42. The van der Waals surface area contributed by atoms with E-state index in [1.165, 1.54) is 45.4 Å². The first-order valence-corrected chi connectivity index (χ1v) is 7.96. The Morgan fingerprint density at radius 1 is 1.11 bits per heavy atom. The van der Waals surface area contributed by atoms with Crippen LogP contribution in [0.1, 0.15) is 32.1 Å². The predicted octanol–water partition coefficient (Wildman–Crippen LogP) is 0.946. The number of nitrogens with zero attached hydrogens (tertiary/aromatic N) is 2. The van der Waals surface area contributed by atoms with Crippen LogP contribution in [0.4, 0.5) is 0 Å². The van der Waals surface area contributed by atoms with Gasteiger partial charge in [-0.25, -0.2) is 0 Å². The van der Waals surface area contributed by atoms with E-state index >= 15 is 0 Å². The highest BCUT2D eigenvalue weighted by molar-refractivity contribution is 4.89. The van der Waals surface area contributed by atoms with E-state index in [9.17, 15) is 5.11 Å².